The van der Waals surface area contributed by atoms with Crippen LogP contribution in [0.4, 0.5) is 4.39 Å². The third-order valence-electron chi connectivity index (χ3n) is 1.98. The Morgan fingerprint density at radius 3 is 2.78 bits per heavy atom. The van der Waals surface area contributed by atoms with Crippen molar-refractivity contribution in [2.45, 2.75) is 0 Å². The second-order valence-electron chi connectivity index (χ2n) is 3.22. The summed E-state index contributed by atoms with van der Waals surface area (Å²) >= 11 is 9.74. The number of rotatable bonds is 3. The van der Waals surface area contributed by atoms with E-state index in [4.69, 9.17) is 21.4 Å². The molecule has 1 aromatic carbocycles. The molecule has 0 fully saturated rings. The molecule has 1 N–H and O–H groups in total. The highest BCUT2D eigenvalue weighted by Crippen LogP contribution is 2.36. The molecule has 94 valence electrons. The molecule has 7 heteroatoms. The first-order chi connectivity index (χ1) is 8.47. The van der Waals surface area contributed by atoms with Crippen molar-refractivity contribution in [3.63, 3.8) is 0 Å². The standard InChI is InChI=1S/C11H5BrClFO3S/c12-5-3-6(13)7(14)4-8(5)17-10-2-1-9(18-10)11(15)16/h1-4H,(H,15,16). The summed E-state index contributed by atoms with van der Waals surface area (Å²) in [7, 11) is 0. The van der Waals surface area contributed by atoms with E-state index in [1.54, 1.807) is 0 Å². The average molecular weight is 352 g/mol. The van der Waals surface area contributed by atoms with Crippen LogP contribution in [0.15, 0.2) is 28.7 Å². The van der Waals surface area contributed by atoms with Crippen LogP contribution < -0.4 is 4.74 Å². The molecule has 2 rings (SSSR count). The van der Waals surface area contributed by atoms with Crippen LogP contribution in [-0.4, -0.2) is 11.1 Å². The van der Waals surface area contributed by atoms with E-state index in [1.165, 1.54) is 18.2 Å². The number of ether oxygens (including phenoxy) is 1. The second kappa shape index (κ2) is 5.26. The van der Waals surface area contributed by atoms with E-state index in [9.17, 15) is 9.18 Å². The lowest BCUT2D eigenvalue weighted by Gasteiger charge is -2.06. The lowest BCUT2D eigenvalue weighted by Crippen LogP contribution is -1.89. The summed E-state index contributed by atoms with van der Waals surface area (Å²) in [6.07, 6.45) is 0. The Kier molecular flexibility index (Phi) is 3.89. The smallest absolute Gasteiger partial charge is 0.345 e. The summed E-state index contributed by atoms with van der Waals surface area (Å²) in [5.41, 5.74) is 0. The zero-order valence-corrected chi connectivity index (χ0v) is 11.8. The van der Waals surface area contributed by atoms with E-state index in [0.29, 0.717) is 9.54 Å². The Hall–Kier alpha value is -1.11. The molecule has 0 bridgehead atoms. The van der Waals surface area contributed by atoms with Crippen LogP contribution in [0.25, 0.3) is 0 Å². The Morgan fingerprint density at radius 1 is 1.44 bits per heavy atom. The molecule has 0 aliphatic rings. The van der Waals surface area contributed by atoms with Gasteiger partial charge in [-0.15, -0.1) is 0 Å². The summed E-state index contributed by atoms with van der Waals surface area (Å²) in [4.78, 5) is 10.8. The third kappa shape index (κ3) is 2.82. The zero-order chi connectivity index (χ0) is 13.3. The Balaban J connectivity index is 2.28. The van der Waals surface area contributed by atoms with Gasteiger partial charge in [0.2, 0.25) is 0 Å². The molecule has 0 spiro atoms. The van der Waals surface area contributed by atoms with Crippen LogP contribution in [0.2, 0.25) is 5.02 Å². The number of thiophene rings is 1. The van der Waals surface area contributed by atoms with Gasteiger partial charge in [0.1, 0.15) is 16.4 Å². The summed E-state index contributed by atoms with van der Waals surface area (Å²) in [5.74, 6) is -1.41. The van der Waals surface area contributed by atoms with Gasteiger partial charge < -0.3 is 9.84 Å². The fourth-order valence-corrected chi connectivity index (χ4v) is 2.61. The normalized spacial score (nSPS) is 10.4. The van der Waals surface area contributed by atoms with Crippen LogP contribution in [0.3, 0.4) is 0 Å². The van der Waals surface area contributed by atoms with Gasteiger partial charge in [-0.05, 0) is 34.1 Å². The van der Waals surface area contributed by atoms with Crippen molar-refractivity contribution in [2.24, 2.45) is 0 Å². The van der Waals surface area contributed by atoms with Crippen LogP contribution in [0.1, 0.15) is 9.67 Å². The minimum atomic E-state index is -1.03. The maximum atomic E-state index is 13.3. The highest BCUT2D eigenvalue weighted by molar-refractivity contribution is 9.10. The van der Waals surface area contributed by atoms with E-state index in [2.05, 4.69) is 15.9 Å². The summed E-state index contributed by atoms with van der Waals surface area (Å²) in [6, 6.07) is 5.43. The van der Waals surface area contributed by atoms with Gasteiger partial charge in [-0.1, -0.05) is 22.9 Å². The van der Waals surface area contributed by atoms with Gasteiger partial charge in [0.25, 0.3) is 0 Å². The molecule has 18 heavy (non-hydrogen) atoms. The van der Waals surface area contributed by atoms with Crippen LogP contribution in [0.5, 0.6) is 10.8 Å². The van der Waals surface area contributed by atoms with Crippen molar-refractivity contribution in [2.75, 3.05) is 0 Å². The Labute approximate surface area is 119 Å². The third-order valence-corrected chi connectivity index (χ3v) is 3.84. The van der Waals surface area contributed by atoms with Gasteiger partial charge in [0.15, 0.2) is 5.06 Å². The molecule has 3 nitrogen and oxygen atoms in total. The predicted molar refractivity (Wildman–Crippen MR) is 70.5 cm³/mol. The van der Waals surface area contributed by atoms with Gasteiger partial charge in [-0.2, -0.15) is 0 Å². The maximum absolute atomic E-state index is 13.3. The number of aromatic carboxylic acids is 1. The molecular weight excluding hydrogens is 347 g/mol. The molecule has 0 atom stereocenters. The number of carboxylic acid groups (broad SMARTS) is 1. The van der Waals surface area contributed by atoms with Crippen molar-refractivity contribution in [1.82, 2.24) is 0 Å². The second-order valence-corrected chi connectivity index (χ2v) is 5.53. The SMILES string of the molecule is O=C(O)c1ccc(Oc2cc(F)c(Cl)cc2Br)s1. The largest absolute Gasteiger partial charge is 0.477 e. The molecule has 0 saturated carbocycles. The van der Waals surface area contributed by atoms with Crippen molar-refractivity contribution in [3.05, 3.63) is 44.5 Å². The summed E-state index contributed by atoms with van der Waals surface area (Å²) in [6.45, 7) is 0. The molecule has 2 aromatic rings. The van der Waals surface area contributed by atoms with E-state index in [-0.39, 0.29) is 15.6 Å². The molecule has 1 aromatic heterocycles. The van der Waals surface area contributed by atoms with Gasteiger partial charge in [-0.25, -0.2) is 9.18 Å². The van der Waals surface area contributed by atoms with Gasteiger partial charge in [-0.3, -0.25) is 0 Å². The van der Waals surface area contributed by atoms with E-state index in [0.717, 1.165) is 17.4 Å². The first kappa shape index (κ1) is 13.3. The zero-order valence-electron chi connectivity index (χ0n) is 8.62. The Morgan fingerprint density at radius 2 is 2.17 bits per heavy atom. The van der Waals surface area contributed by atoms with Crippen molar-refractivity contribution < 1.29 is 19.0 Å². The van der Waals surface area contributed by atoms with E-state index < -0.39 is 11.8 Å². The number of carbonyl (C=O) groups is 1. The molecule has 0 unspecified atom stereocenters. The molecule has 1 heterocycles. The lowest BCUT2D eigenvalue weighted by atomic mass is 10.3. The fraction of sp³-hybridized carbons (Fsp3) is 0. The average Bonchev–Trinajstić information content (AvgIpc) is 2.74. The molecule has 0 amide bonds. The maximum Gasteiger partial charge on any atom is 0.345 e. The van der Waals surface area contributed by atoms with E-state index in [1.807, 2.05) is 0 Å². The number of hydrogen-bond donors (Lipinski definition) is 1. The molecule has 0 saturated heterocycles. The highest BCUT2D eigenvalue weighted by Gasteiger charge is 2.12. The monoisotopic (exact) mass is 350 g/mol. The number of benzene rings is 1. The summed E-state index contributed by atoms with van der Waals surface area (Å²) < 4.78 is 19.1. The van der Waals surface area contributed by atoms with Gasteiger partial charge >= 0.3 is 5.97 Å². The Bertz CT molecular complexity index is 614. The number of carboxylic acids is 1. The number of halogens is 3. The molecule has 0 aliphatic heterocycles. The predicted octanol–water partition coefficient (Wildman–Crippen LogP) is 4.79. The summed E-state index contributed by atoms with van der Waals surface area (Å²) in [5, 5.41) is 9.10. The topological polar surface area (TPSA) is 46.5 Å². The van der Waals surface area contributed by atoms with Crippen LogP contribution >= 0.6 is 38.9 Å². The molecule has 0 radical (unpaired) electrons. The lowest BCUT2D eigenvalue weighted by molar-refractivity contribution is 0.0702. The van der Waals surface area contributed by atoms with E-state index >= 15 is 0 Å². The minimum absolute atomic E-state index is 0.0216. The van der Waals surface area contributed by atoms with Crippen LogP contribution in [-0.2, 0) is 0 Å². The van der Waals surface area contributed by atoms with Gasteiger partial charge in [0, 0.05) is 6.07 Å². The van der Waals surface area contributed by atoms with Crippen molar-refractivity contribution in [1.29, 1.82) is 0 Å². The molecular formula is C11H5BrClFO3S. The van der Waals surface area contributed by atoms with Gasteiger partial charge in [0.05, 0.1) is 9.50 Å². The van der Waals surface area contributed by atoms with Crippen LogP contribution in [0, 0.1) is 5.82 Å². The number of hydrogen-bond acceptors (Lipinski definition) is 3. The molecule has 0 aliphatic carbocycles. The minimum Gasteiger partial charge on any atom is -0.477 e. The van der Waals surface area contributed by atoms with Crippen molar-refractivity contribution >= 4 is 44.8 Å². The van der Waals surface area contributed by atoms with Crippen molar-refractivity contribution in [3.8, 4) is 10.8 Å². The first-order valence-corrected chi connectivity index (χ1v) is 6.61. The first-order valence-electron chi connectivity index (χ1n) is 4.63. The highest BCUT2D eigenvalue weighted by atomic mass is 79.9. The fourth-order valence-electron chi connectivity index (χ4n) is 1.18. The quantitative estimate of drug-likeness (QED) is 0.808.